The number of benzene rings is 2. The second-order valence-electron chi connectivity index (χ2n) is 6.81. The third-order valence-corrected chi connectivity index (χ3v) is 4.75. The van der Waals surface area contributed by atoms with Gasteiger partial charge in [-0.15, -0.1) is 0 Å². The summed E-state index contributed by atoms with van der Waals surface area (Å²) in [4.78, 5) is 12.9. The molecular weight excluding hydrogens is 366 g/mol. The molecule has 2 heterocycles. The van der Waals surface area contributed by atoms with E-state index in [1.54, 1.807) is 36.6 Å². The Kier molecular flexibility index (Phi) is 5.12. The topological polar surface area (TPSA) is 78.8 Å². The Morgan fingerprint density at radius 2 is 2.07 bits per heavy atom. The molecule has 0 saturated carbocycles. The molecule has 2 aromatic carbocycles. The van der Waals surface area contributed by atoms with Crippen LogP contribution in [-0.2, 0) is 4.79 Å². The fourth-order valence-corrected chi connectivity index (χ4v) is 3.23. The average Bonchev–Trinajstić information content (AvgIpc) is 3.42. The number of amides is 1. The molecule has 1 amide bonds. The fourth-order valence-electron chi connectivity index (χ4n) is 3.23. The zero-order chi connectivity index (χ0) is 20.2. The molecule has 1 aliphatic rings. The molecule has 0 aliphatic carbocycles. The fraction of sp³-hybridized carbons (Fsp3) is 0.174. The molecule has 6 nitrogen and oxygen atoms in total. The number of rotatable bonds is 5. The van der Waals surface area contributed by atoms with Gasteiger partial charge < -0.3 is 9.15 Å². The van der Waals surface area contributed by atoms with Gasteiger partial charge in [0.1, 0.15) is 17.6 Å². The number of hydrazone groups is 1. The molecule has 0 N–H and O–H groups in total. The lowest BCUT2D eigenvalue weighted by Crippen LogP contribution is -2.31. The van der Waals surface area contributed by atoms with Gasteiger partial charge in [0, 0.05) is 6.42 Å². The van der Waals surface area contributed by atoms with Gasteiger partial charge in [-0.25, -0.2) is 5.01 Å². The summed E-state index contributed by atoms with van der Waals surface area (Å²) >= 11 is 0. The minimum absolute atomic E-state index is 0.184. The van der Waals surface area contributed by atoms with Crippen LogP contribution in [0.3, 0.4) is 0 Å². The first-order valence-corrected chi connectivity index (χ1v) is 9.27. The monoisotopic (exact) mass is 385 g/mol. The molecule has 1 atom stereocenters. The van der Waals surface area contributed by atoms with Gasteiger partial charge in [-0.3, -0.25) is 4.79 Å². The van der Waals surface area contributed by atoms with Gasteiger partial charge >= 0.3 is 0 Å². The summed E-state index contributed by atoms with van der Waals surface area (Å²) in [5.41, 5.74) is 3.44. The van der Waals surface area contributed by atoms with Gasteiger partial charge in [-0.2, -0.15) is 10.4 Å². The van der Waals surface area contributed by atoms with Crippen molar-refractivity contribution < 1.29 is 13.9 Å². The lowest BCUT2D eigenvalue weighted by Gasteiger charge is -2.20. The van der Waals surface area contributed by atoms with Crippen LogP contribution in [0.5, 0.6) is 5.75 Å². The predicted octanol–water partition coefficient (Wildman–Crippen LogP) is 4.22. The van der Waals surface area contributed by atoms with Gasteiger partial charge in [0.05, 0.1) is 23.6 Å². The molecule has 1 unspecified atom stereocenters. The van der Waals surface area contributed by atoms with Crippen LogP contribution < -0.4 is 4.74 Å². The molecular formula is C23H19N3O3. The number of ether oxygens (including phenoxy) is 1. The molecule has 29 heavy (non-hydrogen) atoms. The van der Waals surface area contributed by atoms with Crippen molar-refractivity contribution in [1.82, 2.24) is 5.01 Å². The second kappa shape index (κ2) is 8.03. The van der Waals surface area contributed by atoms with Gasteiger partial charge in [0.2, 0.25) is 0 Å². The molecule has 144 valence electrons. The quantitative estimate of drug-likeness (QED) is 0.659. The van der Waals surface area contributed by atoms with E-state index in [9.17, 15) is 4.79 Å². The number of hydrogen-bond acceptors (Lipinski definition) is 5. The van der Waals surface area contributed by atoms with E-state index >= 15 is 0 Å². The third kappa shape index (κ3) is 4.04. The predicted molar refractivity (Wildman–Crippen MR) is 107 cm³/mol. The molecule has 0 radical (unpaired) electrons. The van der Waals surface area contributed by atoms with Crippen molar-refractivity contribution in [3.8, 4) is 11.8 Å². The first kappa shape index (κ1) is 18.5. The van der Waals surface area contributed by atoms with E-state index < -0.39 is 0 Å². The molecule has 0 bridgehead atoms. The number of nitriles is 1. The van der Waals surface area contributed by atoms with E-state index in [4.69, 9.17) is 14.4 Å². The number of hydrogen-bond donors (Lipinski definition) is 0. The Balaban J connectivity index is 1.54. The van der Waals surface area contributed by atoms with Crippen LogP contribution in [0.4, 0.5) is 0 Å². The van der Waals surface area contributed by atoms with E-state index in [-0.39, 0.29) is 18.6 Å². The van der Waals surface area contributed by atoms with Crippen LogP contribution in [0.2, 0.25) is 0 Å². The summed E-state index contributed by atoms with van der Waals surface area (Å²) in [5.74, 6) is 0.862. The molecule has 4 rings (SSSR count). The summed E-state index contributed by atoms with van der Waals surface area (Å²) in [7, 11) is 0. The van der Waals surface area contributed by atoms with Crippen molar-refractivity contribution in [1.29, 1.82) is 5.26 Å². The number of carbonyl (C=O) groups excluding carboxylic acids is 1. The van der Waals surface area contributed by atoms with Gasteiger partial charge in [0.15, 0.2) is 6.61 Å². The van der Waals surface area contributed by atoms with Crippen molar-refractivity contribution >= 4 is 11.6 Å². The van der Waals surface area contributed by atoms with Crippen LogP contribution in [0.25, 0.3) is 0 Å². The maximum Gasteiger partial charge on any atom is 0.281 e. The number of aryl methyl sites for hydroxylation is 1. The average molecular weight is 385 g/mol. The molecule has 3 aromatic rings. The summed E-state index contributed by atoms with van der Waals surface area (Å²) in [6.45, 7) is 1.84. The summed E-state index contributed by atoms with van der Waals surface area (Å²) in [5, 5.41) is 15.0. The Labute approximate surface area is 168 Å². The standard InChI is InChI=1S/C23H19N3O3/c1-16-7-9-18(10-8-16)20-13-21(22-6-3-11-28-22)26(25-20)23(27)15-29-19-5-2-4-17(12-19)14-24/h2-12,21H,13,15H2,1H3. The molecule has 0 saturated heterocycles. The first-order chi connectivity index (χ1) is 14.1. The van der Waals surface area contributed by atoms with Crippen LogP contribution in [0.1, 0.15) is 34.9 Å². The van der Waals surface area contributed by atoms with Crippen molar-refractivity contribution in [3.63, 3.8) is 0 Å². The SMILES string of the molecule is Cc1ccc(C2=NN(C(=O)COc3cccc(C#N)c3)C(c3ccco3)C2)cc1. The maximum atomic E-state index is 12.9. The number of furan rings is 1. The summed E-state index contributed by atoms with van der Waals surface area (Å²) < 4.78 is 11.2. The number of nitrogens with zero attached hydrogens (tertiary/aromatic N) is 3. The Morgan fingerprint density at radius 1 is 1.24 bits per heavy atom. The van der Waals surface area contributed by atoms with Crippen LogP contribution in [0.15, 0.2) is 76.4 Å². The van der Waals surface area contributed by atoms with E-state index in [1.165, 1.54) is 5.01 Å². The lowest BCUT2D eigenvalue weighted by atomic mass is 10.0. The zero-order valence-corrected chi connectivity index (χ0v) is 15.9. The highest BCUT2D eigenvalue weighted by atomic mass is 16.5. The smallest absolute Gasteiger partial charge is 0.281 e. The lowest BCUT2D eigenvalue weighted by molar-refractivity contribution is -0.135. The van der Waals surface area contributed by atoms with Crippen LogP contribution >= 0.6 is 0 Å². The Morgan fingerprint density at radius 3 is 2.79 bits per heavy atom. The normalized spacial score (nSPS) is 15.7. The van der Waals surface area contributed by atoms with E-state index in [0.717, 1.165) is 16.8 Å². The van der Waals surface area contributed by atoms with E-state index in [2.05, 4.69) is 11.2 Å². The van der Waals surface area contributed by atoms with Crippen molar-refractivity contribution in [3.05, 3.63) is 89.4 Å². The Bertz CT molecular complexity index is 1080. The second-order valence-corrected chi connectivity index (χ2v) is 6.81. The molecule has 0 spiro atoms. The minimum Gasteiger partial charge on any atom is -0.484 e. The molecule has 1 aliphatic heterocycles. The summed E-state index contributed by atoms with van der Waals surface area (Å²) in [6, 6.07) is 20.1. The maximum absolute atomic E-state index is 12.9. The first-order valence-electron chi connectivity index (χ1n) is 9.27. The van der Waals surface area contributed by atoms with Crippen molar-refractivity contribution in [2.75, 3.05) is 6.61 Å². The van der Waals surface area contributed by atoms with Crippen molar-refractivity contribution in [2.45, 2.75) is 19.4 Å². The third-order valence-electron chi connectivity index (χ3n) is 4.75. The van der Waals surface area contributed by atoms with Gasteiger partial charge in [0.25, 0.3) is 5.91 Å². The van der Waals surface area contributed by atoms with Gasteiger partial charge in [-0.05, 0) is 42.8 Å². The zero-order valence-electron chi connectivity index (χ0n) is 15.9. The number of carbonyl (C=O) groups is 1. The highest BCUT2D eigenvalue weighted by Crippen LogP contribution is 2.33. The highest BCUT2D eigenvalue weighted by molar-refractivity contribution is 6.03. The minimum atomic E-state index is -0.317. The molecule has 1 aromatic heterocycles. The summed E-state index contributed by atoms with van der Waals surface area (Å²) in [6.07, 6.45) is 2.15. The highest BCUT2D eigenvalue weighted by Gasteiger charge is 2.35. The molecule has 6 heteroatoms. The van der Waals surface area contributed by atoms with E-state index in [0.29, 0.717) is 23.5 Å². The Hall–Kier alpha value is -3.85. The van der Waals surface area contributed by atoms with Crippen molar-refractivity contribution in [2.24, 2.45) is 5.10 Å². The molecule has 0 fully saturated rings. The van der Waals surface area contributed by atoms with Crippen LogP contribution in [0, 0.1) is 18.3 Å². The van der Waals surface area contributed by atoms with Crippen LogP contribution in [-0.4, -0.2) is 23.2 Å². The van der Waals surface area contributed by atoms with Gasteiger partial charge in [-0.1, -0.05) is 35.9 Å². The van der Waals surface area contributed by atoms with E-state index in [1.807, 2.05) is 37.3 Å². The largest absolute Gasteiger partial charge is 0.484 e.